The predicted octanol–water partition coefficient (Wildman–Crippen LogP) is 0.118. The van der Waals surface area contributed by atoms with Crippen molar-refractivity contribution in [1.82, 2.24) is 20.8 Å². The molecule has 1 amide bonds. The number of hydrogen-bond donors (Lipinski definition) is 3. The Labute approximate surface area is 88.6 Å². The molecule has 1 aliphatic heterocycles. The van der Waals surface area contributed by atoms with Crippen LogP contribution in [-0.4, -0.2) is 35.2 Å². The standard InChI is InChI=1S/C10H16N4O/c1-6-9(7(2)14-13-6)10(15)12-8-3-4-11-5-8/h8,11H,3-5H2,1-2H3,(H,12,15)(H,13,14)/t8-/m0/s1. The molecular weight excluding hydrogens is 192 g/mol. The molecular formula is C10H16N4O. The molecule has 1 aliphatic rings. The van der Waals surface area contributed by atoms with Gasteiger partial charge in [-0.05, 0) is 26.8 Å². The van der Waals surface area contributed by atoms with Crippen LogP contribution >= 0.6 is 0 Å². The van der Waals surface area contributed by atoms with E-state index in [4.69, 9.17) is 0 Å². The molecule has 5 heteroatoms. The summed E-state index contributed by atoms with van der Waals surface area (Å²) < 4.78 is 0. The summed E-state index contributed by atoms with van der Waals surface area (Å²) in [6, 6.07) is 0.256. The molecule has 1 aromatic heterocycles. The van der Waals surface area contributed by atoms with Gasteiger partial charge in [0.2, 0.25) is 0 Å². The van der Waals surface area contributed by atoms with Gasteiger partial charge in [-0.2, -0.15) is 5.10 Å². The molecule has 1 saturated heterocycles. The summed E-state index contributed by atoms with van der Waals surface area (Å²) in [4.78, 5) is 11.9. The third kappa shape index (κ3) is 2.02. The summed E-state index contributed by atoms with van der Waals surface area (Å²) in [6.07, 6.45) is 1.00. The van der Waals surface area contributed by atoms with E-state index in [1.54, 1.807) is 0 Å². The van der Waals surface area contributed by atoms with E-state index >= 15 is 0 Å². The topological polar surface area (TPSA) is 69.8 Å². The van der Waals surface area contributed by atoms with Gasteiger partial charge in [-0.15, -0.1) is 0 Å². The SMILES string of the molecule is Cc1n[nH]c(C)c1C(=O)N[C@H]1CCNC1. The molecule has 1 fully saturated rings. The van der Waals surface area contributed by atoms with Gasteiger partial charge in [0.15, 0.2) is 0 Å². The molecule has 1 atom stereocenters. The van der Waals surface area contributed by atoms with Gasteiger partial charge in [-0.1, -0.05) is 0 Å². The Hall–Kier alpha value is -1.36. The molecule has 1 aromatic rings. The van der Waals surface area contributed by atoms with Gasteiger partial charge in [-0.3, -0.25) is 9.89 Å². The smallest absolute Gasteiger partial charge is 0.255 e. The summed E-state index contributed by atoms with van der Waals surface area (Å²) >= 11 is 0. The van der Waals surface area contributed by atoms with Crippen LogP contribution < -0.4 is 10.6 Å². The molecule has 5 nitrogen and oxygen atoms in total. The van der Waals surface area contributed by atoms with Crippen LogP contribution in [0.1, 0.15) is 28.2 Å². The highest BCUT2D eigenvalue weighted by Crippen LogP contribution is 2.10. The van der Waals surface area contributed by atoms with Gasteiger partial charge in [-0.25, -0.2) is 0 Å². The second kappa shape index (κ2) is 4.02. The highest BCUT2D eigenvalue weighted by atomic mass is 16.1. The summed E-state index contributed by atoms with van der Waals surface area (Å²) in [6.45, 7) is 5.54. The second-order valence-corrected chi connectivity index (χ2v) is 3.97. The quantitative estimate of drug-likeness (QED) is 0.646. The number of H-pyrrole nitrogens is 1. The average Bonchev–Trinajstić information content (AvgIpc) is 2.77. The maximum Gasteiger partial charge on any atom is 0.255 e. The van der Waals surface area contributed by atoms with Crippen molar-refractivity contribution < 1.29 is 4.79 Å². The molecule has 3 N–H and O–H groups in total. The molecule has 0 unspecified atom stereocenters. The van der Waals surface area contributed by atoms with Crippen molar-refractivity contribution in [3.63, 3.8) is 0 Å². The molecule has 0 aromatic carbocycles. The van der Waals surface area contributed by atoms with Gasteiger partial charge in [0.25, 0.3) is 5.91 Å². The largest absolute Gasteiger partial charge is 0.348 e. The van der Waals surface area contributed by atoms with E-state index in [-0.39, 0.29) is 11.9 Å². The van der Waals surface area contributed by atoms with E-state index in [1.807, 2.05) is 13.8 Å². The van der Waals surface area contributed by atoms with Crippen LogP contribution in [0.5, 0.6) is 0 Å². The highest BCUT2D eigenvalue weighted by molar-refractivity contribution is 5.96. The Morgan fingerprint density at radius 2 is 2.33 bits per heavy atom. The van der Waals surface area contributed by atoms with E-state index in [0.717, 1.165) is 30.9 Å². The van der Waals surface area contributed by atoms with Crippen LogP contribution in [-0.2, 0) is 0 Å². The van der Waals surface area contributed by atoms with E-state index in [1.165, 1.54) is 0 Å². The van der Waals surface area contributed by atoms with Crippen molar-refractivity contribution in [2.24, 2.45) is 0 Å². The minimum Gasteiger partial charge on any atom is -0.348 e. The monoisotopic (exact) mass is 208 g/mol. The van der Waals surface area contributed by atoms with E-state index in [9.17, 15) is 4.79 Å². The van der Waals surface area contributed by atoms with E-state index in [0.29, 0.717) is 5.56 Å². The molecule has 2 heterocycles. The van der Waals surface area contributed by atoms with Gasteiger partial charge >= 0.3 is 0 Å². The van der Waals surface area contributed by atoms with Crippen LogP contribution in [0, 0.1) is 13.8 Å². The number of aromatic nitrogens is 2. The van der Waals surface area contributed by atoms with E-state index in [2.05, 4.69) is 20.8 Å². The normalized spacial score (nSPS) is 20.5. The van der Waals surface area contributed by atoms with E-state index < -0.39 is 0 Å². The van der Waals surface area contributed by atoms with Gasteiger partial charge < -0.3 is 10.6 Å². The third-order valence-corrected chi connectivity index (χ3v) is 2.75. The number of carbonyl (C=O) groups is 1. The van der Waals surface area contributed by atoms with Crippen molar-refractivity contribution in [2.75, 3.05) is 13.1 Å². The summed E-state index contributed by atoms with van der Waals surface area (Å²) in [5, 5.41) is 13.0. The predicted molar refractivity (Wildman–Crippen MR) is 56.8 cm³/mol. The molecule has 15 heavy (non-hydrogen) atoms. The van der Waals surface area contributed by atoms with Crippen molar-refractivity contribution in [1.29, 1.82) is 0 Å². The van der Waals surface area contributed by atoms with Gasteiger partial charge in [0, 0.05) is 18.3 Å². The van der Waals surface area contributed by atoms with Gasteiger partial charge in [0.1, 0.15) is 0 Å². The minimum atomic E-state index is -0.0209. The number of nitrogens with one attached hydrogen (secondary N) is 3. The number of carbonyl (C=O) groups excluding carboxylic acids is 1. The molecule has 2 rings (SSSR count). The number of aryl methyl sites for hydroxylation is 2. The number of aromatic amines is 1. The number of rotatable bonds is 2. The van der Waals surface area contributed by atoms with Crippen LogP contribution in [0.15, 0.2) is 0 Å². The van der Waals surface area contributed by atoms with Crippen molar-refractivity contribution in [3.05, 3.63) is 17.0 Å². The summed E-state index contributed by atoms with van der Waals surface area (Å²) in [5.41, 5.74) is 2.27. The van der Waals surface area contributed by atoms with Crippen molar-refractivity contribution >= 4 is 5.91 Å². The van der Waals surface area contributed by atoms with Crippen molar-refractivity contribution in [2.45, 2.75) is 26.3 Å². The maximum absolute atomic E-state index is 11.9. The first-order chi connectivity index (χ1) is 7.18. The lowest BCUT2D eigenvalue weighted by Gasteiger charge is -2.11. The lowest BCUT2D eigenvalue weighted by Crippen LogP contribution is -2.36. The lowest BCUT2D eigenvalue weighted by molar-refractivity contribution is 0.0939. The lowest BCUT2D eigenvalue weighted by atomic mass is 10.1. The van der Waals surface area contributed by atoms with Crippen LogP contribution in [0.4, 0.5) is 0 Å². The zero-order valence-corrected chi connectivity index (χ0v) is 9.05. The Balaban J connectivity index is 2.07. The molecule has 0 radical (unpaired) electrons. The average molecular weight is 208 g/mol. The van der Waals surface area contributed by atoms with Crippen molar-refractivity contribution in [3.8, 4) is 0 Å². The van der Waals surface area contributed by atoms with Crippen LogP contribution in [0.2, 0.25) is 0 Å². The number of nitrogens with zero attached hydrogens (tertiary/aromatic N) is 1. The number of hydrogen-bond acceptors (Lipinski definition) is 3. The maximum atomic E-state index is 11.9. The number of amides is 1. The molecule has 0 bridgehead atoms. The zero-order chi connectivity index (χ0) is 10.8. The molecule has 82 valence electrons. The first kappa shape index (κ1) is 10.2. The summed E-state index contributed by atoms with van der Waals surface area (Å²) in [7, 11) is 0. The minimum absolute atomic E-state index is 0.0209. The Morgan fingerprint density at radius 3 is 2.87 bits per heavy atom. The van der Waals surface area contributed by atoms with Crippen LogP contribution in [0.3, 0.4) is 0 Å². The zero-order valence-electron chi connectivity index (χ0n) is 9.05. The Morgan fingerprint density at radius 1 is 1.53 bits per heavy atom. The first-order valence-corrected chi connectivity index (χ1v) is 5.21. The highest BCUT2D eigenvalue weighted by Gasteiger charge is 2.20. The first-order valence-electron chi connectivity index (χ1n) is 5.21. The fourth-order valence-electron chi connectivity index (χ4n) is 1.92. The third-order valence-electron chi connectivity index (χ3n) is 2.75. The fourth-order valence-corrected chi connectivity index (χ4v) is 1.92. The summed E-state index contributed by atoms with van der Waals surface area (Å²) in [5.74, 6) is -0.0209. The Kier molecular flexibility index (Phi) is 2.73. The fraction of sp³-hybridized carbons (Fsp3) is 0.600. The molecule has 0 saturated carbocycles. The van der Waals surface area contributed by atoms with Crippen LogP contribution in [0.25, 0.3) is 0 Å². The second-order valence-electron chi connectivity index (χ2n) is 3.97. The molecule has 0 aliphatic carbocycles. The van der Waals surface area contributed by atoms with Gasteiger partial charge in [0.05, 0.1) is 11.3 Å². The Bertz CT molecular complexity index is 346. The molecule has 0 spiro atoms.